The Bertz CT molecular complexity index is 1240. The number of hydrogen-bond acceptors (Lipinski definition) is 6. The predicted molar refractivity (Wildman–Crippen MR) is 108 cm³/mol. The summed E-state index contributed by atoms with van der Waals surface area (Å²) < 4.78 is 24.4. The normalized spacial score (nSPS) is 11.1. The van der Waals surface area contributed by atoms with Gasteiger partial charge in [0.25, 0.3) is 0 Å². The predicted octanol–water partition coefficient (Wildman–Crippen LogP) is 3.84. The maximum Gasteiger partial charge on any atom is 0.338 e. The molecule has 29 heavy (non-hydrogen) atoms. The Hall–Kier alpha value is -3.13. The molecule has 0 spiro atoms. The first kappa shape index (κ1) is 19.2. The highest BCUT2D eigenvalue weighted by Gasteiger charge is 2.19. The highest BCUT2D eigenvalue weighted by molar-refractivity contribution is 9.10. The van der Waals surface area contributed by atoms with Crippen LogP contribution < -0.4 is 14.9 Å². The van der Waals surface area contributed by atoms with Crippen LogP contribution in [0.5, 0.6) is 5.75 Å². The molecule has 0 radical (unpaired) electrons. The van der Waals surface area contributed by atoms with Crippen molar-refractivity contribution in [2.24, 2.45) is 0 Å². The van der Waals surface area contributed by atoms with Gasteiger partial charge in [-0.25, -0.2) is 14.2 Å². The summed E-state index contributed by atoms with van der Waals surface area (Å²) in [5.41, 5.74) is 0.911. The number of halogens is 1. The molecule has 148 valence electrons. The van der Waals surface area contributed by atoms with Crippen molar-refractivity contribution in [1.29, 1.82) is 0 Å². The van der Waals surface area contributed by atoms with Crippen molar-refractivity contribution >= 4 is 43.8 Å². The topological polar surface area (TPSA) is 82.8 Å². The van der Waals surface area contributed by atoms with E-state index in [1.165, 1.54) is 13.2 Å². The third-order valence-electron chi connectivity index (χ3n) is 4.50. The first-order valence-electron chi connectivity index (χ1n) is 8.91. The van der Waals surface area contributed by atoms with Gasteiger partial charge in [0.1, 0.15) is 0 Å². The number of aromatic nitrogens is 1. The van der Waals surface area contributed by atoms with Crippen LogP contribution >= 0.6 is 15.9 Å². The summed E-state index contributed by atoms with van der Waals surface area (Å²) in [4.78, 5) is 23.2. The van der Waals surface area contributed by atoms with E-state index in [0.29, 0.717) is 42.1 Å². The zero-order chi connectivity index (χ0) is 20.4. The molecule has 0 amide bonds. The van der Waals surface area contributed by atoms with Crippen molar-refractivity contribution in [3.8, 4) is 5.75 Å². The number of carbonyl (C=O) groups excluding carboxylic acids is 1. The number of carbonyl (C=O) groups is 1. The summed E-state index contributed by atoms with van der Waals surface area (Å²) in [6, 6.07) is 8.31. The summed E-state index contributed by atoms with van der Waals surface area (Å²) in [5.74, 6) is 0.0403. The highest BCUT2D eigenvalue weighted by Crippen LogP contribution is 2.41. The van der Waals surface area contributed by atoms with Crippen LogP contribution in [0.1, 0.15) is 16.8 Å². The van der Waals surface area contributed by atoms with Gasteiger partial charge in [-0.3, -0.25) is 0 Å². The number of esters is 1. The van der Waals surface area contributed by atoms with E-state index in [4.69, 9.17) is 18.3 Å². The maximum atomic E-state index is 11.7. The number of furan rings is 1. The van der Waals surface area contributed by atoms with Crippen LogP contribution in [0.3, 0.4) is 0 Å². The molecule has 4 rings (SSSR count). The van der Waals surface area contributed by atoms with E-state index in [1.54, 1.807) is 24.5 Å². The molecular weight excluding hydrogens is 442 g/mol. The number of methoxy groups -OCH3 is 1. The Morgan fingerprint density at radius 1 is 1.10 bits per heavy atom. The fourth-order valence-corrected chi connectivity index (χ4v) is 3.70. The maximum absolute atomic E-state index is 11.7. The molecule has 0 saturated carbocycles. The van der Waals surface area contributed by atoms with Gasteiger partial charge in [0.15, 0.2) is 30.1 Å². The number of aryl methyl sites for hydroxylation is 1. The van der Waals surface area contributed by atoms with Gasteiger partial charge in [0.2, 0.25) is 5.75 Å². The average Bonchev–Trinajstić information content (AvgIpc) is 3.23. The molecule has 7 nitrogen and oxygen atoms in total. The molecular formula is C21H17BrNO6+. The van der Waals surface area contributed by atoms with Gasteiger partial charge in [0.05, 0.1) is 25.5 Å². The Kier molecular flexibility index (Phi) is 5.35. The quantitative estimate of drug-likeness (QED) is 0.189. The van der Waals surface area contributed by atoms with Gasteiger partial charge in [0, 0.05) is 39.9 Å². The first-order chi connectivity index (χ1) is 14.1. The fourth-order valence-electron chi connectivity index (χ4n) is 3.08. The van der Waals surface area contributed by atoms with Crippen molar-refractivity contribution < 1.29 is 27.7 Å². The number of nitrogens with zero attached hydrogens (tertiary/aromatic N) is 1. The van der Waals surface area contributed by atoms with Crippen molar-refractivity contribution in [2.45, 2.75) is 13.0 Å². The Morgan fingerprint density at radius 3 is 2.62 bits per heavy atom. The van der Waals surface area contributed by atoms with Crippen molar-refractivity contribution in [3.05, 3.63) is 69.4 Å². The first-order valence-corrected chi connectivity index (χ1v) is 9.70. The van der Waals surface area contributed by atoms with E-state index in [9.17, 15) is 9.59 Å². The lowest BCUT2D eigenvalue weighted by atomic mass is 10.1. The van der Waals surface area contributed by atoms with E-state index in [0.717, 1.165) is 15.2 Å². The van der Waals surface area contributed by atoms with E-state index in [1.807, 2.05) is 23.0 Å². The van der Waals surface area contributed by atoms with Gasteiger partial charge in [-0.15, -0.1) is 0 Å². The highest BCUT2D eigenvalue weighted by atomic mass is 79.9. The largest absolute Gasteiger partial charge is 0.486 e. The number of pyridine rings is 1. The monoisotopic (exact) mass is 458 g/mol. The SMILES string of the molecule is COC(=O)c1cc[n+](CCCOc2c3occc3c(Br)c3ccc(=O)oc23)cc1. The lowest BCUT2D eigenvalue weighted by Gasteiger charge is -2.10. The van der Waals surface area contributed by atoms with Crippen LogP contribution in [0.25, 0.3) is 21.9 Å². The molecule has 1 aromatic carbocycles. The zero-order valence-corrected chi connectivity index (χ0v) is 17.1. The number of ether oxygens (including phenoxy) is 2. The Labute approximate surface area is 173 Å². The van der Waals surface area contributed by atoms with E-state index >= 15 is 0 Å². The summed E-state index contributed by atoms with van der Waals surface area (Å²) in [6.07, 6.45) is 5.88. The molecule has 0 N–H and O–H groups in total. The number of fused-ring (bicyclic) bond motifs is 2. The lowest BCUT2D eigenvalue weighted by Crippen LogP contribution is -2.33. The van der Waals surface area contributed by atoms with Gasteiger partial charge in [-0.2, -0.15) is 0 Å². The molecule has 4 aromatic rings. The molecule has 0 aliphatic rings. The average molecular weight is 459 g/mol. The number of hydrogen-bond donors (Lipinski definition) is 0. The van der Waals surface area contributed by atoms with Crippen LogP contribution in [0.15, 0.2) is 67.1 Å². The smallest absolute Gasteiger partial charge is 0.338 e. The minimum Gasteiger partial charge on any atom is -0.486 e. The summed E-state index contributed by atoms with van der Waals surface area (Å²) in [6.45, 7) is 1.07. The standard InChI is InChI=1S/C21H17BrNO6/c1-26-21(25)13-5-9-23(10-6-13)8-2-11-27-20-18-15(7-12-28-18)17(22)14-3-4-16(24)29-19(14)20/h3-7,9-10,12H,2,8,11H2,1H3/q+1. The van der Waals surface area contributed by atoms with E-state index in [2.05, 4.69) is 15.9 Å². The van der Waals surface area contributed by atoms with Crippen molar-refractivity contribution in [3.63, 3.8) is 0 Å². The van der Waals surface area contributed by atoms with Crippen LogP contribution in [0.2, 0.25) is 0 Å². The van der Waals surface area contributed by atoms with Gasteiger partial charge >= 0.3 is 11.6 Å². The summed E-state index contributed by atoms with van der Waals surface area (Å²) >= 11 is 3.54. The molecule has 3 heterocycles. The van der Waals surface area contributed by atoms with Crippen LogP contribution in [-0.4, -0.2) is 19.7 Å². The third-order valence-corrected chi connectivity index (χ3v) is 5.36. The molecule has 0 aliphatic carbocycles. The van der Waals surface area contributed by atoms with Crippen LogP contribution in [-0.2, 0) is 11.3 Å². The molecule has 0 unspecified atom stereocenters. The lowest BCUT2D eigenvalue weighted by molar-refractivity contribution is -0.697. The van der Waals surface area contributed by atoms with E-state index < -0.39 is 5.63 Å². The second-order valence-electron chi connectivity index (χ2n) is 6.32. The second kappa shape index (κ2) is 8.08. The fraction of sp³-hybridized carbons (Fsp3) is 0.190. The molecule has 3 aromatic heterocycles. The van der Waals surface area contributed by atoms with Gasteiger partial charge < -0.3 is 18.3 Å². The third kappa shape index (κ3) is 3.75. The Morgan fingerprint density at radius 2 is 1.86 bits per heavy atom. The summed E-state index contributed by atoms with van der Waals surface area (Å²) in [7, 11) is 1.35. The number of benzene rings is 1. The molecule has 0 atom stereocenters. The molecule has 0 aliphatic heterocycles. The molecule has 0 saturated heterocycles. The van der Waals surface area contributed by atoms with Crippen LogP contribution in [0.4, 0.5) is 0 Å². The minimum atomic E-state index is -0.457. The zero-order valence-electron chi connectivity index (χ0n) is 15.5. The van der Waals surface area contributed by atoms with Crippen LogP contribution in [0, 0.1) is 0 Å². The van der Waals surface area contributed by atoms with Crippen molar-refractivity contribution in [2.75, 3.05) is 13.7 Å². The Balaban J connectivity index is 1.51. The summed E-state index contributed by atoms with van der Waals surface area (Å²) in [5, 5.41) is 1.58. The minimum absolute atomic E-state index is 0.349. The molecule has 0 fully saturated rings. The van der Waals surface area contributed by atoms with Gasteiger partial charge in [-0.1, -0.05) is 0 Å². The number of rotatable bonds is 6. The van der Waals surface area contributed by atoms with Gasteiger partial charge in [-0.05, 0) is 28.1 Å². The van der Waals surface area contributed by atoms with Crippen molar-refractivity contribution in [1.82, 2.24) is 0 Å². The van der Waals surface area contributed by atoms with E-state index in [-0.39, 0.29) is 5.97 Å². The second-order valence-corrected chi connectivity index (χ2v) is 7.11. The molecule has 0 bridgehead atoms. The molecule has 8 heteroatoms.